The van der Waals surface area contributed by atoms with E-state index in [1.165, 1.54) is 12.8 Å². The van der Waals surface area contributed by atoms with E-state index in [0.29, 0.717) is 23.1 Å². The van der Waals surface area contributed by atoms with Gasteiger partial charge in [-0.25, -0.2) is 4.79 Å². The van der Waals surface area contributed by atoms with E-state index in [9.17, 15) is 4.79 Å². The summed E-state index contributed by atoms with van der Waals surface area (Å²) in [6.45, 7) is 4.55. The third kappa shape index (κ3) is 5.09. The highest BCUT2D eigenvalue weighted by Crippen LogP contribution is 2.30. The average Bonchev–Trinajstić information content (AvgIpc) is 3.18. The number of anilines is 2. The second kappa shape index (κ2) is 9.98. The first-order valence-corrected chi connectivity index (χ1v) is 9.89. The Labute approximate surface area is 175 Å². The number of carbonyl (C=O) groups excluding carboxylic acids is 1. The summed E-state index contributed by atoms with van der Waals surface area (Å²) in [5.41, 5.74) is 2.63. The van der Waals surface area contributed by atoms with E-state index in [1.807, 2.05) is 18.2 Å². The number of nitrogens with one attached hydrogen (secondary N) is 1. The Hall–Kier alpha value is -2.99. The molecule has 29 heavy (non-hydrogen) atoms. The Bertz CT molecular complexity index is 926. The zero-order valence-corrected chi connectivity index (χ0v) is 17.3. The average molecular weight is 414 g/mol. The van der Waals surface area contributed by atoms with Crippen molar-refractivity contribution in [2.45, 2.75) is 13.3 Å². The second-order valence-electron chi connectivity index (χ2n) is 6.43. The standard InChI is InChI=1S/C22H24ClN3O3/c1-3-26(18-8-5-4-6-9-18)15-7-14-24-21-19(22(27)28-2)20(25-29-21)16-10-12-17(23)13-11-16/h4-6,8-13,24H,3,7,14-15H2,1-2H3. The van der Waals surface area contributed by atoms with E-state index in [-0.39, 0.29) is 5.56 Å². The zero-order valence-electron chi connectivity index (χ0n) is 16.5. The van der Waals surface area contributed by atoms with Gasteiger partial charge < -0.3 is 19.5 Å². The molecule has 0 fully saturated rings. The quantitative estimate of drug-likeness (QED) is 0.388. The first-order valence-electron chi connectivity index (χ1n) is 9.51. The molecule has 0 aliphatic rings. The number of ether oxygens (including phenoxy) is 1. The fourth-order valence-corrected chi connectivity index (χ4v) is 3.21. The normalized spacial score (nSPS) is 10.6. The van der Waals surface area contributed by atoms with Crippen LogP contribution in [0.2, 0.25) is 5.02 Å². The second-order valence-corrected chi connectivity index (χ2v) is 6.87. The van der Waals surface area contributed by atoms with Crippen LogP contribution < -0.4 is 10.2 Å². The highest BCUT2D eigenvalue weighted by molar-refractivity contribution is 6.30. The number of rotatable bonds is 9. The SMILES string of the molecule is CCN(CCCNc1onc(-c2ccc(Cl)cc2)c1C(=O)OC)c1ccccc1. The summed E-state index contributed by atoms with van der Waals surface area (Å²) in [4.78, 5) is 14.6. The number of hydrogen-bond acceptors (Lipinski definition) is 6. The Kier molecular flexibility index (Phi) is 7.14. The van der Waals surface area contributed by atoms with Gasteiger partial charge in [0, 0.05) is 35.9 Å². The number of methoxy groups -OCH3 is 1. The minimum Gasteiger partial charge on any atom is -0.465 e. The summed E-state index contributed by atoms with van der Waals surface area (Å²) in [5.74, 6) is -0.192. The molecule has 2 aromatic carbocycles. The summed E-state index contributed by atoms with van der Waals surface area (Å²) < 4.78 is 10.3. The Morgan fingerprint density at radius 1 is 1.17 bits per heavy atom. The number of benzene rings is 2. The van der Waals surface area contributed by atoms with E-state index in [1.54, 1.807) is 24.3 Å². The smallest absolute Gasteiger partial charge is 0.345 e. The molecule has 1 heterocycles. The summed E-state index contributed by atoms with van der Waals surface area (Å²) in [6.07, 6.45) is 0.861. The fourth-order valence-electron chi connectivity index (χ4n) is 3.09. The van der Waals surface area contributed by atoms with Crippen LogP contribution in [0.1, 0.15) is 23.7 Å². The lowest BCUT2D eigenvalue weighted by molar-refractivity contribution is 0.0602. The molecule has 0 aliphatic carbocycles. The minimum absolute atomic E-state index is 0.283. The largest absolute Gasteiger partial charge is 0.465 e. The van der Waals surface area contributed by atoms with Crippen LogP contribution in [-0.2, 0) is 4.74 Å². The van der Waals surface area contributed by atoms with Gasteiger partial charge in [0.15, 0.2) is 5.56 Å². The third-order valence-electron chi connectivity index (χ3n) is 4.59. The lowest BCUT2D eigenvalue weighted by Crippen LogP contribution is -2.25. The lowest BCUT2D eigenvalue weighted by atomic mass is 10.1. The number of para-hydroxylation sites is 1. The monoisotopic (exact) mass is 413 g/mol. The van der Waals surface area contributed by atoms with Gasteiger partial charge in [-0.15, -0.1) is 0 Å². The Balaban J connectivity index is 1.67. The molecule has 0 unspecified atom stereocenters. The van der Waals surface area contributed by atoms with E-state index in [4.69, 9.17) is 20.9 Å². The van der Waals surface area contributed by atoms with Crippen molar-refractivity contribution >= 4 is 29.1 Å². The van der Waals surface area contributed by atoms with Crippen LogP contribution in [0.3, 0.4) is 0 Å². The van der Waals surface area contributed by atoms with Crippen molar-refractivity contribution in [1.29, 1.82) is 0 Å². The topological polar surface area (TPSA) is 67.6 Å². The van der Waals surface area contributed by atoms with Gasteiger partial charge in [-0.2, -0.15) is 0 Å². The predicted molar refractivity (Wildman–Crippen MR) is 116 cm³/mol. The highest BCUT2D eigenvalue weighted by atomic mass is 35.5. The summed E-state index contributed by atoms with van der Waals surface area (Å²) in [6, 6.07) is 17.3. The van der Waals surface area contributed by atoms with Crippen LogP contribution in [0.5, 0.6) is 0 Å². The van der Waals surface area contributed by atoms with Crippen LogP contribution in [-0.4, -0.2) is 37.9 Å². The molecule has 3 rings (SSSR count). The molecular formula is C22H24ClN3O3. The maximum Gasteiger partial charge on any atom is 0.345 e. The first kappa shape index (κ1) is 20.7. The van der Waals surface area contributed by atoms with Gasteiger partial charge in [-0.05, 0) is 37.6 Å². The molecule has 0 amide bonds. The van der Waals surface area contributed by atoms with Crippen LogP contribution >= 0.6 is 11.6 Å². The molecule has 0 saturated carbocycles. The molecule has 0 saturated heterocycles. The maximum absolute atomic E-state index is 12.3. The van der Waals surface area contributed by atoms with E-state index in [2.05, 4.69) is 34.4 Å². The lowest BCUT2D eigenvalue weighted by Gasteiger charge is -2.23. The molecule has 1 aromatic heterocycles. The Morgan fingerprint density at radius 2 is 1.90 bits per heavy atom. The van der Waals surface area contributed by atoms with E-state index < -0.39 is 5.97 Å². The molecule has 0 bridgehead atoms. The van der Waals surface area contributed by atoms with E-state index in [0.717, 1.165) is 25.1 Å². The number of nitrogens with zero attached hydrogens (tertiary/aromatic N) is 2. The van der Waals surface area contributed by atoms with Crippen molar-refractivity contribution < 1.29 is 14.1 Å². The van der Waals surface area contributed by atoms with Gasteiger partial charge in [0.05, 0.1) is 7.11 Å². The molecule has 6 nitrogen and oxygen atoms in total. The first-order chi connectivity index (χ1) is 14.1. The molecule has 0 aliphatic heterocycles. The van der Waals surface area contributed by atoms with Crippen LogP contribution in [0.25, 0.3) is 11.3 Å². The highest BCUT2D eigenvalue weighted by Gasteiger charge is 2.24. The number of carbonyl (C=O) groups is 1. The molecule has 0 spiro atoms. The van der Waals surface area contributed by atoms with Crippen molar-refractivity contribution in [3.8, 4) is 11.3 Å². The molecule has 3 aromatic rings. The third-order valence-corrected chi connectivity index (χ3v) is 4.84. The minimum atomic E-state index is -0.502. The fraction of sp³-hybridized carbons (Fsp3) is 0.273. The predicted octanol–water partition coefficient (Wildman–Crippen LogP) is 5.11. The van der Waals surface area contributed by atoms with Gasteiger partial charge >= 0.3 is 5.97 Å². The van der Waals surface area contributed by atoms with Crippen molar-refractivity contribution in [3.05, 3.63) is 65.2 Å². The maximum atomic E-state index is 12.3. The summed E-state index contributed by atoms with van der Waals surface area (Å²) in [7, 11) is 1.34. The zero-order chi connectivity index (χ0) is 20.6. The van der Waals surface area contributed by atoms with Crippen LogP contribution in [0.4, 0.5) is 11.6 Å². The molecule has 7 heteroatoms. The number of hydrogen-bond donors (Lipinski definition) is 1. The van der Waals surface area contributed by atoms with Gasteiger partial charge in [0.25, 0.3) is 0 Å². The van der Waals surface area contributed by atoms with Gasteiger partial charge in [0.2, 0.25) is 5.88 Å². The number of esters is 1. The van der Waals surface area contributed by atoms with Crippen LogP contribution in [0.15, 0.2) is 59.1 Å². The van der Waals surface area contributed by atoms with Crippen molar-refractivity contribution in [1.82, 2.24) is 5.16 Å². The summed E-state index contributed by atoms with van der Waals surface area (Å²) >= 11 is 5.95. The van der Waals surface area contributed by atoms with Gasteiger partial charge in [0.1, 0.15) is 5.69 Å². The molecular weight excluding hydrogens is 390 g/mol. The van der Waals surface area contributed by atoms with Gasteiger partial charge in [-0.1, -0.05) is 47.1 Å². The van der Waals surface area contributed by atoms with Crippen molar-refractivity contribution in [3.63, 3.8) is 0 Å². The molecule has 0 atom stereocenters. The summed E-state index contributed by atoms with van der Waals surface area (Å²) in [5, 5.41) is 7.85. The molecule has 152 valence electrons. The number of aromatic nitrogens is 1. The van der Waals surface area contributed by atoms with E-state index >= 15 is 0 Å². The van der Waals surface area contributed by atoms with Gasteiger partial charge in [-0.3, -0.25) is 0 Å². The molecule has 0 radical (unpaired) electrons. The van der Waals surface area contributed by atoms with Crippen molar-refractivity contribution in [2.75, 3.05) is 37.0 Å². The van der Waals surface area contributed by atoms with Crippen molar-refractivity contribution in [2.24, 2.45) is 0 Å². The Morgan fingerprint density at radius 3 is 2.55 bits per heavy atom. The number of halogens is 1. The van der Waals surface area contributed by atoms with Crippen LogP contribution in [0, 0.1) is 0 Å². The molecule has 1 N–H and O–H groups in total.